The molecule has 104 valence electrons. The van der Waals surface area contributed by atoms with Gasteiger partial charge < -0.3 is 0 Å². The zero-order chi connectivity index (χ0) is 13.8. The van der Waals surface area contributed by atoms with Gasteiger partial charge in [0.05, 0.1) is 16.4 Å². The van der Waals surface area contributed by atoms with Crippen LogP contribution in [0.15, 0.2) is 0 Å². The van der Waals surface area contributed by atoms with Gasteiger partial charge in [-0.1, -0.05) is 25.4 Å². The molecule has 0 fully saturated rings. The lowest BCUT2D eigenvalue weighted by molar-refractivity contribution is 0.349. The first kappa shape index (κ1) is 16.1. The zero-order valence-corrected chi connectivity index (χ0v) is 13.5. The third-order valence-electron chi connectivity index (χ3n) is 3.55. The molecule has 0 amide bonds. The number of hydrogen-bond donors (Lipinski definition) is 0. The lowest BCUT2D eigenvalue weighted by Crippen LogP contribution is -2.28. The number of alkyl halides is 2. The third kappa shape index (κ3) is 3.15. The van der Waals surface area contributed by atoms with E-state index < -0.39 is 0 Å². The molecule has 1 rings (SSSR count). The Kier molecular flexibility index (Phi) is 6.29. The maximum absolute atomic E-state index is 6.42. The topological polar surface area (TPSA) is 17.8 Å². The molecule has 1 aromatic rings. The molecule has 0 unspecified atom stereocenters. The average molecular weight is 312 g/mol. The summed E-state index contributed by atoms with van der Waals surface area (Å²) >= 11 is 18.6. The van der Waals surface area contributed by atoms with E-state index in [-0.39, 0.29) is 5.41 Å². The second-order valence-electron chi connectivity index (χ2n) is 4.67. The Balaban J connectivity index is 3.12. The first-order valence-electron chi connectivity index (χ1n) is 6.43. The van der Waals surface area contributed by atoms with E-state index in [1.165, 1.54) is 0 Å². The summed E-state index contributed by atoms with van der Waals surface area (Å²) < 4.78 is 1.98. The predicted octanol–water partition coefficient (Wildman–Crippen LogP) is 4.54. The van der Waals surface area contributed by atoms with Gasteiger partial charge in [0.25, 0.3) is 0 Å². The van der Waals surface area contributed by atoms with Gasteiger partial charge in [0, 0.05) is 23.7 Å². The molecular weight excluding hydrogens is 291 g/mol. The van der Waals surface area contributed by atoms with E-state index in [1.54, 1.807) is 0 Å². The summed E-state index contributed by atoms with van der Waals surface area (Å²) in [4.78, 5) is 0. The third-order valence-corrected chi connectivity index (χ3v) is 5.12. The second-order valence-corrected chi connectivity index (χ2v) is 5.59. The first-order valence-corrected chi connectivity index (χ1v) is 7.88. The number of aryl methyl sites for hydroxylation is 2. The molecule has 0 spiro atoms. The van der Waals surface area contributed by atoms with Crippen LogP contribution < -0.4 is 0 Å². The molecule has 0 radical (unpaired) electrons. The summed E-state index contributed by atoms with van der Waals surface area (Å²) in [5.74, 6) is 1.08. The molecular formula is C13H21Cl3N2. The van der Waals surface area contributed by atoms with Crippen molar-refractivity contribution in [2.24, 2.45) is 5.41 Å². The fourth-order valence-electron chi connectivity index (χ4n) is 1.99. The summed E-state index contributed by atoms with van der Waals surface area (Å²) in [6.07, 6.45) is 2.57. The van der Waals surface area contributed by atoms with Crippen molar-refractivity contribution in [1.82, 2.24) is 9.78 Å². The van der Waals surface area contributed by atoms with Gasteiger partial charge >= 0.3 is 0 Å². The Morgan fingerprint density at radius 1 is 1.17 bits per heavy atom. The van der Waals surface area contributed by atoms with Crippen molar-refractivity contribution in [3.8, 4) is 0 Å². The Morgan fingerprint density at radius 2 is 1.78 bits per heavy atom. The van der Waals surface area contributed by atoms with Crippen LogP contribution in [0.1, 0.15) is 38.6 Å². The molecule has 2 nitrogen and oxygen atoms in total. The molecule has 0 N–H and O–H groups in total. The zero-order valence-electron chi connectivity index (χ0n) is 11.3. The van der Waals surface area contributed by atoms with Crippen LogP contribution in [-0.4, -0.2) is 21.5 Å². The van der Waals surface area contributed by atoms with Gasteiger partial charge in [-0.15, -0.1) is 23.2 Å². The highest BCUT2D eigenvalue weighted by atomic mass is 35.5. The fourth-order valence-corrected chi connectivity index (χ4v) is 3.17. The maximum Gasteiger partial charge on any atom is 0.0850 e. The highest BCUT2D eigenvalue weighted by Crippen LogP contribution is 2.34. The summed E-state index contributed by atoms with van der Waals surface area (Å²) in [6.45, 7) is 7.07. The van der Waals surface area contributed by atoms with E-state index in [4.69, 9.17) is 34.8 Å². The van der Waals surface area contributed by atoms with Gasteiger partial charge in [-0.25, -0.2) is 0 Å². The Labute approximate surface area is 125 Å². The number of nitrogens with zero attached hydrogens (tertiary/aromatic N) is 2. The van der Waals surface area contributed by atoms with E-state index in [0.717, 1.165) is 42.2 Å². The summed E-state index contributed by atoms with van der Waals surface area (Å²) in [5.41, 5.74) is 1.94. The SMILES string of the molecule is CCc1nn(CC)c(CC(CC)(CCl)CCl)c1Cl. The van der Waals surface area contributed by atoms with Crippen molar-refractivity contribution in [3.63, 3.8) is 0 Å². The van der Waals surface area contributed by atoms with Crippen LogP contribution >= 0.6 is 34.8 Å². The van der Waals surface area contributed by atoms with Gasteiger partial charge in [0.15, 0.2) is 0 Å². The molecule has 5 heteroatoms. The van der Waals surface area contributed by atoms with E-state index in [0.29, 0.717) is 11.8 Å². The van der Waals surface area contributed by atoms with Crippen molar-refractivity contribution in [2.45, 2.75) is 46.6 Å². The fraction of sp³-hybridized carbons (Fsp3) is 0.769. The monoisotopic (exact) mass is 310 g/mol. The number of hydrogen-bond acceptors (Lipinski definition) is 1. The predicted molar refractivity (Wildman–Crippen MR) is 80.2 cm³/mol. The Morgan fingerprint density at radius 3 is 2.17 bits per heavy atom. The van der Waals surface area contributed by atoms with Crippen LogP contribution in [0.5, 0.6) is 0 Å². The number of rotatable bonds is 7. The van der Waals surface area contributed by atoms with Crippen LogP contribution in [0.4, 0.5) is 0 Å². The van der Waals surface area contributed by atoms with Crippen molar-refractivity contribution >= 4 is 34.8 Å². The van der Waals surface area contributed by atoms with Gasteiger partial charge in [0.2, 0.25) is 0 Å². The minimum absolute atomic E-state index is 0.0925. The minimum atomic E-state index is -0.0925. The second kappa shape index (κ2) is 7.02. The first-order chi connectivity index (χ1) is 8.57. The summed E-state index contributed by atoms with van der Waals surface area (Å²) in [5, 5.41) is 5.32. The molecule has 0 bridgehead atoms. The van der Waals surface area contributed by atoms with E-state index in [2.05, 4.69) is 25.9 Å². The van der Waals surface area contributed by atoms with Crippen molar-refractivity contribution in [2.75, 3.05) is 11.8 Å². The van der Waals surface area contributed by atoms with Crippen molar-refractivity contribution < 1.29 is 0 Å². The molecule has 1 heterocycles. The van der Waals surface area contributed by atoms with Gasteiger partial charge in [-0.05, 0) is 26.2 Å². The molecule has 0 saturated heterocycles. The van der Waals surface area contributed by atoms with Crippen LogP contribution in [0.2, 0.25) is 5.02 Å². The molecule has 0 aliphatic rings. The lowest BCUT2D eigenvalue weighted by atomic mass is 9.84. The highest BCUT2D eigenvalue weighted by molar-refractivity contribution is 6.32. The highest BCUT2D eigenvalue weighted by Gasteiger charge is 2.30. The van der Waals surface area contributed by atoms with Gasteiger partial charge in [-0.2, -0.15) is 5.10 Å². The van der Waals surface area contributed by atoms with Gasteiger partial charge in [-0.3, -0.25) is 4.68 Å². The largest absolute Gasteiger partial charge is 0.268 e. The number of aromatic nitrogens is 2. The molecule has 0 saturated carbocycles. The van der Waals surface area contributed by atoms with Crippen molar-refractivity contribution in [1.29, 1.82) is 0 Å². The van der Waals surface area contributed by atoms with E-state index in [1.807, 2.05) is 4.68 Å². The quantitative estimate of drug-likeness (QED) is 0.676. The lowest BCUT2D eigenvalue weighted by Gasteiger charge is -2.28. The minimum Gasteiger partial charge on any atom is -0.268 e. The smallest absolute Gasteiger partial charge is 0.0850 e. The average Bonchev–Trinajstić information content (AvgIpc) is 2.72. The normalized spacial score (nSPS) is 12.1. The van der Waals surface area contributed by atoms with Crippen LogP contribution in [0, 0.1) is 5.41 Å². The summed E-state index contributed by atoms with van der Waals surface area (Å²) in [6, 6.07) is 0. The van der Waals surface area contributed by atoms with E-state index >= 15 is 0 Å². The van der Waals surface area contributed by atoms with Crippen LogP contribution in [-0.2, 0) is 19.4 Å². The molecule has 0 aliphatic carbocycles. The molecule has 0 aliphatic heterocycles. The molecule has 0 aromatic carbocycles. The molecule has 1 aromatic heterocycles. The summed E-state index contributed by atoms with van der Waals surface area (Å²) in [7, 11) is 0. The molecule has 0 atom stereocenters. The van der Waals surface area contributed by atoms with Crippen LogP contribution in [0.3, 0.4) is 0 Å². The van der Waals surface area contributed by atoms with Crippen LogP contribution in [0.25, 0.3) is 0 Å². The standard InChI is InChI=1S/C13H21Cl3N2/c1-4-10-12(16)11(18(6-3)17-10)7-13(5-2,8-14)9-15/h4-9H2,1-3H3. The van der Waals surface area contributed by atoms with E-state index in [9.17, 15) is 0 Å². The maximum atomic E-state index is 6.42. The Bertz CT molecular complexity index is 376. The number of halogens is 3. The van der Waals surface area contributed by atoms with Gasteiger partial charge in [0.1, 0.15) is 0 Å². The molecule has 18 heavy (non-hydrogen) atoms. The van der Waals surface area contributed by atoms with Crippen molar-refractivity contribution in [3.05, 3.63) is 16.4 Å². The Hall–Kier alpha value is 0.0800.